The molecule has 1 fully saturated rings. The topological polar surface area (TPSA) is 25.4 Å². The van der Waals surface area contributed by atoms with Crippen molar-refractivity contribution >= 4 is 17.2 Å². The monoisotopic (exact) mass is 374 g/mol. The summed E-state index contributed by atoms with van der Waals surface area (Å²) in [6.07, 6.45) is 6.74. The lowest BCUT2D eigenvalue weighted by Crippen LogP contribution is -2.55. The van der Waals surface area contributed by atoms with E-state index >= 15 is 0 Å². The van der Waals surface area contributed by atoms with Gasteiger partial charge in [-0.2, -0.15) is 4.84 Å². The van der Waals surface area contributed by atoms with Gasteiger partial charge in [0.15, 0.2) is 6.54 Å². The third kappa shape index (κ3) is 4.92. The summed E-state index contributed by atoms with van der Waals surface area (Å²) in [4.78, 5) is 15.3. The molecule has 26 heavy (non-hydrogen) atoms. The summed E-state index contributed by atoms with van der Waals surface area (Å²) in [6.45, 7) is 9.51. The van der Waals surface area contributed by atoms with Gasteiger partial charge in [-0.15, -0.1) is 16.0 Å². The average molecular weight is 375 g/mol. The van der Waals surface area contributed by atoms with E-state index in [2.05, 4.69) is 48.4 Å². The summed E-state index contributed by atoms with van der Waals surface area (Å²) in [5.41, 5.74) is 0. The number of thiophene rings is 1. The molecule has 0 amide bonds. The van der Waals surface area contributed by atoms with Crippen LogP contribution < -0.4 is 4.65 Å². The molecule has 5 heteroatoms. The van der Waals surface area contributed by atoms with Crippen molar-refractivity contribution in [1.29, 1.82) is 0 Å². The number of pyridine rings is 1. The molecule has 3 heterocycles. The third-order valence-corrected chi connectivity index (χ3v) is 6.08. The number of nitrogens with zero attached hydrogens (tertiary/aromatic N) is 3. The molecule has 142 valence electrons. The number of quaternary nitrogens is 1. The lowest BCUT2D eigenvalue weighted by Gasteiger charge is -2.37. The zero-order chi connectivity index (χ0) is 18.2. The van der Waals surface area contributed by atoms with E-state index in [0.29, 0.717) is 10.7 Å². The molecule has 0 radical (unpaired) electrons. The smallest absolute Gasteiger partial charge is 0.260 e. The highest BCUT2D eigenvalue weighted by molar-refractivity contribution is 7.09. The van der Waals surface area contributed by atoms with Gasteiger partial charge in [-0.3, -0.25) is 4.90 Å². The van der Waals surface area contributed by atoms with Crippen LogP contribution in [-0.4, -0.2) is 42.2 Å². The van der Waals surface area contributed by atoms with Gasteiger partial charge in [-0.05, 0) is 56.8 Å². The Kier molecular flexibility index (Phi) is 7.20. The van der Waals surface area contributed by atoms with Crippen molar-refractivity contribution in [3.05, 3.63) is 46.8 Å². The number of likely N-dealkylation sites (tertiary alicyclic amines) is 1. The van der Waals surface area contributed by atoms with Gasteiger partial charge in [0.05, 0.1) is 10.9 Å². The normalized spacial score (nSPS) is 18.7. The first-order valence-corrected chi connectivity index (χ1v) is 10.8. The van der Waals surface area contributed by atoms with E-state index in [4.69, 9.17) is 9.82 Å². The first-order valence-electron chi connectivity index (χ1n) is 9.93. The van der Waals surface area contributed by atoms with Crippen LogP contribution in [0.15, 0.2) is 41.9 Å². The molecule has 0 bridgehead atoms. The van der Waals surface area contributed by atoms with Crippen molar-refractivity contribution in [3.8, 4) is 0 Å². The maximum atomic E-state index is 6.61. The molecule has 0 saturated carbocycles. The summed E-state index contributed by atoms with van der Waals surface area (Å²) in [7, 11) is 0. The Hall–Kier alpha value is -1.27. The number of hydrogen-bond donors (Lipinski definition) is 0. The summed E-state index contributed by atoms with van der Waals surface area (Å²) >= 11 is 1.81. The third-order valence-electron chi connectivity index (χ3n) is 5.22. The van der Waals surface area contributed by atoms with Crippen LogP contribution in [0.3, 0.4) is 0 Å². The van der Waals surface area contributed by atoms with E-state index in [0.717, 1.165) is 38.4 Å². The van der Waals surface area contributed by atoms with E-state index in [9.17, 15) is 0 Å². The summed E-state index contributed by atoms with van der Waals surface area (Å²) in [5.74, 6) is 1.02. The molecule has 2 atom stereocenters. The lowest BCUT2D eigenvalue weighted by molar-refractivity contribution is -0.165. The molecule has 0 aromatic carbocycles. The highest BCUT2D eigenvalue weighted by Crippen LogP contribution is 2.29. The summed E-state index contributed by atoms with van der Waals surface area (Å²) in [5, 5.41) is 2.15. The van der Waals surface area contributed by atoms with Gasteiger partial charge in [-0.25, -0.2) is 4.98 Å². The Morgan fingerprint density at radius 2 is 2.08 bits per heavy atom. The predicted octanol–water partition coefficient (Wildman–Crippen LogP) is 4.87. The van der Waals surface area contributed by atoms with Crippen molar-refractivity contribution in [2.24, 2.45) is 0 Å². The minimum Gasteiger partial charge on any atom is -0.295 e. The first-order chi connectivity index (χ1) is 12.7. The van der Waals surface area contributed by atoms with E-state index in [1.807, 2.05) is 12.3 Å². The molecule has 4 nitrogen and oxygen atoms in total. The Labute approximate surface area is 162 Å². The van der Waals surface area contributed by atoms with Crippen LogP contribution in [-0.2, 0) is 11.4 Å². The molecule has 2 unspecified atom stereocenters. The highest BCUT2D eigenvalue weighted by Gasteiger charge is 2.39. The van der Waals surface area contributed by atoms with Crippen LogP contribution in [0.4, 0.5) is 5.82 Å². The van der Waals surface area contributed by atoms with Gasteiger partial charge in [0.1, 0.15) is 13.2 Å². The maximum absolute atomic E-state index is 6.61. The second-order valence-corrected chi connectivity index (χ2v) is 8.31. The largest absolute Gasteiger partial charge is 0.295 e. The zero-order valence-corrected chi connectivity index (χ0v) is 17.0. The Bertz CT molecular complexity index is 628. The average Bonchev–Trinajstić information content (AvgIpc) is 3.36. The second-order valence-electron chi connectivity index (χ2n) is 7.28. The van der Waals surface area contributed by atoms with Gasteiger partial charge in [0.2, 0.25) is 0 Å². The van der Waals surface area contributed by atoms with Gasteiger partial charge < -0.3 is 0 Å². The predicted molar refractivity (Wildman–Crippen MR) is 110 cm³/mol. The van der Waals surface area contributed by atoms with E-state index in [-0.39, 0.29) is 0 Å². The van der Waals surface area contributed by atoms with Gasteiger partial charge in [0.25, 0.3) is 5.82 Å². The summed E-state index contributed by atoms with van der Waals surface area (Å²) < 4.78 is 0.485. The van der Waals surface area contributed by atoms with E-state index in [1.54, 1.807) is 11.3 Å². The van der Waals surface area contributed by atoms with Crippen LogP contribution in [0.2, 0.25) is 0 Å². The number of unbranched alkanes of at least 4 members (excludes halogenated alkanes) is 1. The first kappa shape index (κ1) is 19.5. The molecule has 0 spiro atoms. The van der Waals surface area contributed by atoms with E-state index < -0.39 is 0 Å². The van der Waals surface area contributed by atoms with Crippen LogP contribution in [0.5, 0.6) is 0 Å². The molecule has 2 aromatic rings. The number of hydroxylamine groups is 2. The fourth-order valence-electron chi connectivity index (χ4n) is 3.76. The van der Waals surface area contributed by atoms with Crippen molar-refractivity contribution in [1.82, 2.24) is 14.5 Å². The quantitative estimate of drug-likeness (QED) is 0.337. The molecular weight excluding hydrogens is 342 g/mol. The van der Waals surface area contributed by atoms with Gasteiger partial charge in [0, 0.05) is 12.3 Å². The molecule has 2 aromatic heterocycles. The maximum Gasteiger partial charge on any atom is 0.260 e. The molecule has 1 aliphatic rings. The minimum atomic E-state index is 0.473. The van der Waals surface area contributed by atoms with Gasteiger partial charge >= 0.3 is 0 Å². The minimum absolute atomic E-state index is 0.473. The number of aromatic nitrogens is 1. The Morgan fingerprint density at radius 3 is 2.73 bits per heavy atom. The molecule has 1 saturated heterocycles. The van der Waals surface area contributed by atoms with Gasteiger partial charge in [-0.1, -0.05) is 25.5 Å². The van der Waals surface area contributed by atoms with Crippen molar-refractivity contribution in [3.63, 3.8) is 0 Å². The van der Waals surface area contributed by atoms with Crippen LogP contribution in [0, 0.1) is 0 Å². The highest BCUT2D eigenvalue weighted by atomic mass is 32.1. The van der Waals surface area contributed by atoms with Crippen molar-refractivity contribution in [2.75, 3.05) is 26.2 Å². The van der Waals surface area contributed by atoms with Crippen LogP contribution >= 0.6 is 11.3 Å². The summed E-state index contributed by atoms with van der Waals surface area (Å²) in [6, 6.07) is 11.0. The van der Waals surface area contributed by atoms with Crippen LogP contribution in [0.25, 0.3) is 0 Å². The van der Waals surface area contributed by atoms with Crippen molar-refractivity contribution in [2.45, 2.75) is 52.1 Å². The molecular formula is C21H32N3OS+. The molecule has 3 rings (SSSR count). The fraction of sp³-hybridized carbons (Fsp3) is 0.571. The Morgan fingerprint density at radius 1 is 1.23 bits per heavy atom. The Balaban J connectivity index is 1.89. The number of hydrogen-bond acceptors (Lipinski definition) is 4. The standard InChI is InChI=1S/C21H32N3OS/c1-3-4-15-25-24(18-20-10-9-16-26-20,21-11-5-6-12-22-21)17-19(2)23-13-7-8-14-23/h5-6,9-12,16,19H,3-4,7-8,13-15,17-18H2,1-2H3/q+1. The van der Waals surface area contributed by atoms with Crippen molar-refractivity contribution < 1.29 is 4.84 Å². The zero-order valence-electron chi connectivity index (χ0n) is 16.1. The molecule has 0 aliphatic carbocycles. The van der Waals surface area contributed by atoms with Crippen LogP contribution in [0.1, 0.15) is 44.4 Å². The molecule has 1 aliphatic heterocycles. The fourth-order valence-corrected chi connectivity index (χ4v) is 4.53. The molecule has 0 N–H and O–H groups in total. The SMILES string of the molecule is CCCCO[N+](Cc1cccs1)(CC(C)N1CCCC1)c1ccccn1. The number of rotatable bonds is 10. The lowest BCUT2D eigenvalue weighted by atomic mass is 10.2. The van der Waals surface area contributed by atoms with E-state index in [1.165, 1.54) is 30.8 Å². The second kappa shape index (κ2) is 9.60.